The summed E-state index contributed by atoms with van der Waals surface area (Å²) in [4.78, 5) is 4.89. The van der Waals surface area contributed by atoms with Gasteiger partial charge in [-0.25, -0.2) is 9.50 Å². The van der Waals surface area contributed by atoms with Crippen molar-refractivity contribution in [1.29, 1.82) is 5.26 Å². The summed E-state index contributed by atoms with van der Waals surface area (Å²) in [7, 11) is 1.88. The van der Waals surface area contributed by atoms with Crippen LogP contribution in [0.5, 0.6) is 0 Å². The van der Waals surface area contributed by atoms with Crippen molar-refractivity contribution < 1.29 is 0 Å². The summed E-state index contributed by atoms with van der Waals surface area (Å²) in [5, 5.41) is 22.6. The third-order valence-electron chi connectivity index (χ3n) is 5.60. The van der Waals surface area contributed by atoms with Gasteiger partial charge in [0.1, 0.15) is 0 Å². The van der Waals surface area contributed by atoms with Crippen LogP contribution in [0.15, 0.2) is 43.2 Å². The third kappa shape index (κ3) is 2.51. The van der Waals surface area contributed by atoms with Crippen LogP contribution < -0.4 is 0 Å². The molecular formula is C20H20N8. The Balaban J connectivity index is 1.61. The smallest absolute Gasteiger partial charge is 0.0999 e. The third-order valence-corrected chi connectivity index (χ3v) is 5.60. The maximum atomic E-state index is 9.29. The Morgan fingerprint density at radius 1 is 1.14 bits per heavy atom. The fourth-order valence-electron chi connectivity index (χ4n) is 4.33. The first-order chi connectivity index (χ1) is 13.6. The summed E-state index contributed by atoms with van der Waals surface area (Å²) < 4.78 is 5.56. The maximum absolute atomic E-state index is 9.29. The van der Waals surface area contributed by atoms with Gasteiger partial charge < -0.3 is 0 Å². The van der Waals surface area contributed by atoms with Crippen LogP contribution in [0.2, 0.25) is 0 Å². The fourth-order valence-corrected chi connectivity index (χ4v) is 4.33. The molecule has 4 aromatic rings. The highest BCUT2D eigenvalue weighted by Gasteiger charge is 2.44. The molecule has 0 amide bonds. The molecule has 4 aromatic heterocycles. The number of fused-ring (bicyclic) bond motifs is 1. The molecule has 1 aliphatic rings. The lowest BCUT2D eigenvalue weighted by Gasteiger charge is -2.45. The first-order valence-electron chi connectivity index (χ1n) is 9.34. The summed E-state index contributed by atoms with van der Waals surface area (Å²) in [5.74, 6) is 0.620. The minimum Gasteiger partial charge on any atom is -0.275 e. The number of hydrogen-bond acceptors (Lipinski definition) is 5. The lowest BCUT2D eigenvalue weighted by Crippen LogP contribution is -2.45. The van der Waals surface area contributed by atoms with E-state index in [0.29, 0.717) is 12.3 Å². The van der Waals surface area contributed by atoms with Gasteiger partial charge in [0.05, 0.1) is 59.7 Å². The Kier molecular flexibility index (Phi) is 3.59. The summed E-state index contributed by atoms with van der Waals surface area (Å²) in [6.07, 6.45) is 13.7. The zero-order valence-corrected chi connectivity index (χ0v) is 15.8. The molecular weight excluding hydrogens is 352 g/mol. The summed E-state index contributed by atoms with van der Waals surface area (Å²) in [5.41, 5.74) is 4.21. The molecule has 0 radical (unpaired) electrons. The van der Waals surface area contributed by atoms with Crippen LogP contribution >= 0.6 is 0 Å². The van der Waals surface area contributed by atoms with Gasteiger partial charge in [0.15, 0.2) is 0 Å². The van der Waals surface area contributed by atoms with Crippen LogP contribution in [0.4, 0.5) is 0 Å². The molecule has 0 atom stereocenters. The van der Waals surface area contributed by atoms with Crippen LogP contribution in [0.25, 0.3) is 28.0 Å². The fraction of sp³-hybridized carbons (Fsp3) is 0.350. The topological polar surface area (TPSA) is 89.6 Å². The Hall–Kier alpha value is -3.47. The molecule has 8 heteroatoms. The molecule has 1 saturated carbocycles. The average Bonchev–Trinajstić information content (AvgIpc) is 3.39. The number of aromatic nitrogens is 7. The lowest BCUT2D eigenvalue weighted by atomic mass is 9.67. The highest BCUT2D eigenvalue weighted by Crippen LogP contribution is 2.46. The van der Waals surface area contributed by atoms with Crippen molar-refractivity contribution >= 4 is 5.52 Å². The van der Waals surface area contributed by atoms with Crippen molar-refractivity contribution in [1.82, 2.24) is 34.2 Å². The summed E-state index contributed by atoms with van der Waals surface area (Å²) >= 11 is 0. The number of aryl methyl sites for hydroxylation is 1. The quantitative estimate of drug-likeness (QED) is 0.549. The zero-order valence-electron chi connectivity index (χ0n) is 15.8. The van der Waals surface area contributed by atoms with Crippen molar-refractivity contribution in [2.24, 2.45) is 13.0 Å². The van der Waals surface area contributed by atoms with Crippen molar-refractivity contribution in [2.45, 2.75) is 31.7 Å². The Morgan fingerprint density at radius 2 is 1.96 bits per heavy atom. The van der Waals surface area contributed by atoms with Crippen molar-refractivity contribution in [3.8, 4) is 28.6 Å². The molecule has 8 nitrogen and oxygen atoms in total. The largest absolute Gasteiger partial charge is 0.275 e. The van der Waals surface area contributed by atoms with E-state index in [-0.39, 0.29) is 5.54 Å². The van der Waals surface area contributed by atoms with Gasteiger partial charge in [-0.3, -0.25) is 9.36 Å². The van der Waals surface area contributed by atoms with E-state index in [1.54, 1.807) is 17.1 Å². The van der Waals surface area contributed by atoms with E-state index in [2.05, 4.69) is 28.3 Å². The SMILES string of the molecule is Cn1cc(-c2cn3nccc3c(-c3cnn([C@]4(CC#N)C[C@@H](C)C4)c3)n2)cn1. The molecule has 0 unspecified atom stereocenters. The lowest BCUT2D eigenvalue weighted by molar-refractivity contribution is 0.0682. The molecule has 28 heavy (non-hydrogen) atoms. The average molecular weight is 372 g/mol. The molecule has 0 bridgehead atoms. The first kappa shape index (κ1) is 16.7. The molecule has 0 aromatic carbocycles. The van der Waals surface area contributed by atoms with Crippen molar-refractivity contribution in [3.63, 3.8) is 0 Å². The molecule has 0 N–H and O–H groups in total. The summed E-state index contributed by atoms with van der Waals surface area (Å²) in [6.45, 7) is 2.22. The minimum absolute atomic E-state index is 0.191. The highest BCUT2D eigenvalue weighted by molar-refractivity contribution is 5.78. The second kappa shape index (κ2) is 6.02. The zero-order chi connectivity index (χ0) is 19.3. The molecule has 0 aliphatic heterocycles. The van der Waals surface area contributed by atoms with Crippen LogP contribution in [-0.2, 0) is 12.6 Å². The molecule has 4 heterocycles. The van der Waals surface area contributed by atoms with Gasteiger partial charge in [-0.15, -0.1) is 0 Å². The van der Waals surface area contributed by atoms with Crippen molar-refractivity contribution in [2.75, 3.05) is 0 Å². The van der Waals surface area contributed by atoms with E-state index >= 15 is 0 Å². The second-order valence-electron chi connectivity index (χ2n) is 7.78. The standard InChI is InChI=1S/C20H20N8/c1-14-7-20(8-14,4-5-21)28-12-16(10-24-28)19-18-3-6-22-27(18)13-17(25-19)15-9-23-26(2)11-15/h3,6,9-14H,4,7-8H2,1-2H3/t14-,20-. The van der Waals surface area contributed by atoms with Crippen molar-refractivity contribution in [3.05, 3.63) is 43.2 Å². The molecule has 0 spiro atoms. The number of rotatable bonds is 4. The van der Waals surface area contributed by atoms with Gasteiger partial charge in [0.2, 0.25) is 0 Å². The van der Waals surface area contributed by atoms with Crippen LogP contribution in [-0.4, -0.2) is 34.2 Å². The van der Waals surface area contributed by atoms with Crippen LogP contribution in [0, 0.1) is 17.2 Å². The van der Waals surface area contributed by atoms with E-state index in [9.17, 15) is 5.26 Å². The Labute approximate surface area is 162 Å². The molecule has 0 saturated heterocycles. The molecule has 1 fully saturated rings. The molecule has 140 valence electrons. The van der Waals surface area contributed by atoms with Gasteiger partial charge in [-0.2, -0.15) is 20.6 Å². The van der Waals surface area contributed by atoms with Crippen LogP contribution in [0.3, 0.4) is 0 Å². The first-order valence-corrected chi connectivity index (χ1v) is 9.34. The number of nitriles is 1. The van der Waals surface area contributed by atoms with E-state index < -0.39 is 0 Å². The van der Waals surface area contributed by atoms with Crippen LogP contribution in [0.1, 0.15) is 26.2 Å². The van der Waals surface area contributed by atoms with E-state index in [4.69, 9.17) is 4.98 Å². The number of nitrogens with zero attached hydrogens (tertiary/aromatic N) is 8. The normalized spacial score (nSPS) is 21.5. The molecule has 5 rings (SSSR count). The Morgan fingerprint density at radius 3 is 2.68 bits per heavy atom. The Bertz CT molecular complexity index is 1200. The van der Waals surface area contributed by atoms with E-state index in [1.165, 1.54) is 0 Å². The molecule has 1 aliphatic carbocycles. The van der Waals surface area contributed by atoms with E-state index in [1.807, 2.05) is 47.1 Å². The highest BCUT2D eigenvalue weighted by atomic mass is 15.3. The van der Waals surface area contributed by atoms with Gasteiger partial charge in [0, 0.05) is 30.6 Å². The maximum Gasteiger partial charge on any atom is 0.0999 e. The number of hydrogen-bond donors (Lipinski definition) is 0. The van der Waals surface area contributed by atoms with Gasteiger partial charge in [-0.05, 0) is 24.8 Å². The van der Waals surface area contributed by atoms with Gasteiger partial charge >= 0.3 is 0 Å². The predicted octanol–water partition coefficient (Wildman–Crippen LogP) is 3.03. The van der Waals surface area contributed by atoms with E-state index in [0.717, 1.165) is 40.9 Å². The van der Waals surface area contributed by atoms with Gasteiger partial charge in [0.25, 0.3) is 0 Å². The second-order valence-corrected chi connectivity index (χ2v) is 7.78. The summed E-state index contributed by atoms with van der Waals surface area (Å²) in [6, 6.07) is 4.28. The minimum atomic E-state index is -0.191. The monoisotopic (exact) mass is 372 g/mol. The predicted molar refractivity (Wildman–Crippen MR) is 103 cm³/mol. The van der Waals surface area contributed by atoms with Gasteiger partial charge in [-0.1, -0.05) is 6.92 Å².